The summed E-state index contributed by atoms with van der Waals surface area (Å²) in [7, 11) is 4.87. The van der Waals surface area contributed by atoms with Crippen LogP contribution in [-0.2, 0) is 6.54 Å². The van der Waals surface area contributed by atoms with Crippen molar-refractivity contribution in [3.05, 3.63) is 71.5 Å². The molecule has 0 amide bonds. The second-order valence-corrected chi connectivity index (χ2v) is 7.81. The normalized spacial score (nSPS) is 15.2. The Bertz CT molecular complexity index is 1070. The van der Waals surface area contributed by atoms with Gasteiger partial charge in [-0.25, -0.2) is 0 Å². The molecule has 0 unspecified atom stereocenters. The van der Waals surface area contributed by atoms with Crippen LogP contribution in [0, 0.1) is 6.92 Å². The highest BCUT2D eigenvalue weighted by Crippen LogP contribution is 2.43. The number of hydrogen-bond donors (Lipinski definition) is 1. The van der Waals surface area contributed by atoms with E-state index in [0.29, 0.717) is 22.4 Å². The van der Waals surface area contributed by atoms with Gasteiger partial charge in [0.2, 0.25) is 5.75 Å². The number of benzene rings is 2. The summed E-state index contributed by atoms with van der Waals surface area (Å²) in [5.41, 5.74) is 4.34. The van der Waals surface area contributed by atoms with Crippen molar-refractivity contribution in [2.75, 3.05) is 33.2 Å². The van der Waals surface area contributed by atoms with Crippen LogP contribution < -0.4 is 19.5 Å². The number of ether oxygens (including phenoxy) is 3. The molecule has 3 aromatic rings. The van der Waals surface area contributed by atoms with Gasteiger partial charge < -0.3 is 29.0 Å². The van der Waals surface area contributed by atoms with Crippen LogP contribution in [0.1, 0.15) is 22.9 Å². The van der Waals surface area contributed by atoms with Crippen molar-refractivity contribution in [1.29, 1.82) is 0 Å². The van der Waals surface area contributed by atoms with Gasteiger partial charge in [-0.2, -0.15) is 0 Å². The first-order valence-electron chi connectivity index (χ1n) is 10.2. The quantitative estimate of drug-likeness (QED) is 0.588. The molecule has 0 aliphatic carbocycles. The summed E-state index contributed by atoms with van der Waals surface area (Å²) in [6.45, 7) is 3.71. The summed E-state index contributed by atoms with van der Waals surface area (Å²) in [4.78, 5) is 2.22. The Morgan fingerprint density at radius 3 is 2.32 bits per heavy atom. The first-order valence-corrected chi connectivity index (χ1v) is 10.6. The lowest BCUT2D eigenvalue weighted by atomic mass is 9.99. The second kappa shape index (κ2) is 8.89. The Balaban J connectivity index is 1.77. The fourth-order valence-corrected chi connectivity index (χ4v) is 4.42. The molecule has 4 rings (SSSR count). The summed E-state index contributed by atoms with van der Waals surface area (Å²) in [5, 5.41) is 4.12. The zero-order valence-corrected chi connectivity index (χ0v) is 19.0. The zero-order valence-electron chi connectivity index (χ0n) is 18.2. The fraction of sp³-hybridized carbons (Fsp3) is 0.292. The van der Waals surface area contributed by atoms with Gasteiger partial charge in [0.15, 0.2) is 16.6 Å². The molecule has 1 aliphatic rings. The number of aromatic nitrogens is 1. The van der Waals surface area contributed by atoms with E-state index in [2.05, 4.69) is 46.1 Å². The highest BCUT2D eigenvalue weighted by Gasteiger charge is 2.32. The number of hydrogen-bond acceptors (Lipinski definition) is 4. The molecule has 162 valence electrons. The van der Waals surface area contributed by atoms with E-state index < -0.39 is 0 Å². The zero-order chi connectivity index (χ0) is 22.0. The number of nitrogens with zero attached hydrogens (tertiary/aromatic N) is 2. The van der Waals surface area contributed by atoms with Gasteiger partial charge in [0.05, 0.1) is 27.4 Å². The number of fused-ring (bicyclic) bond motifs is 1. The summed E-state index contributed by atoms with van der Waals surface area (Å²) < 4.78 is 19.0. The standard InChI is InChI=1S/C24H27N3O3S/c1-16-8-5-6-9-18(16)25-24(31)27-13-12-26-11-7-10-19(26)22(27)17-14-20(28-2)23(30-4)21(15-17)29-3/h5-11,14-15,22H,12-13H2,1-4H3,(H,25,31)/t22-/m0/s1. The monoisotopic (exact) mass is 437 g/mol. The molecule has 0 saturated heterocycles. The van der Waals surface area contributed by atoms with Gasteiger partial charge in [-0.3, -0.25) is 0 Å². The molecule has 0 fully saturated rings. The van der Waals surface area contributed by atoms with Crippen LogP contribution in [0.25, 0.3) is 0 Å². The van der Waals surface area contributed by atoms with E-state index in [1.165, 1.54) is 0 Å². The predicted molar refractivity (Wildman–Crippen MR) is 126 cm³/mol. The molecule has 0 spiro atoms. The van der Waals surface area contributed by atoms with Crippen LogP contribution in [0.5, 0.6) is 17.2 Å². The van der Waals surface area contributed by atoms with Crippen molar-refractivity contribution in [1.82, 2.24) is 9.47 Å². The molecule has 1 aliphatic heterocycles. The Morgan fingerprint density at radius 1 is 0.968 bits per heavy atom. The minimum absolute atomic E-state index is 0.0959. The SMILES string of the molecule is COc1cc([C@H]2c3cccn3CCN2C(=S)Nc2ccccc2C)cc(OC)c1OC. The lowest BCUT2D eigenvalue weighted by molar-refractivity contribution is 0.288. The minimum atomic E-state index is -0.0959. The first kappa shape index (κ1) is 21.1. The number of anilines is 1. The summed E-state index contributed by atoms with van der Waals surface area (Å²) in [5.74, 6) is 1.82. The van der Waals surface area contributed by atoms with E-state index in [1.807, 2.05) is 30.3 Å². The van der Waals surface area contributed by atoms with Crippen LogP contribution in [-0.4, -0.2) is 42.5 Å². The highest BCUT2D eigenvalue weighted by atomic mass is 32.1. The van der Waals surface area contributed by atoms with Gasteiger partial charge in [-0.05, 0) is 60.6 Å². The van der Waals surface area contributed by atoms with E-state index in [-0.39, 0.29) is 6.04 Å². The van der Waals surface area contributed by atoms with E-state index in [0.717, 1.165) is 35.6 Å². The molecular formula is C24H27N3O3S. The Hall–Kier alpha value is -3.19. The van der Waals surface area contributed by atoms with E-state index in [4.69, 9.17) is 26.4 Å². The molecule has 7 heteroatoms. The average Bonchev–Trinajstić information content (AvgIpc) is 3.27. The Kier molecular flexibility index (Phi) is 6.04. The molecule has 1 aromatic heterocycles. The molecule has 1 N–H and O–H groups in total. The number of rotatable bonds is 5. The first-order chi connectivity index (χ1) is 15.1. The van der Waals surface area contributed by atoms with Crippen molar-refractivity contribution >= 4 is 23.0 Å². The molecule has 2 aromatic carbocycles. The number of methoxy groups -OCH3 is 3. The van der Waals surface area contributed by atoms with E-state index in [9.17, 15) is 0 Å². The van der Waals surface area contributed by atoms with Crippen LogP contribution >= 0.6 is 12.2 Å². The van der Waals surface area contributed by atoms with Gasteiger partial charge >= 0.3 is 0 Å². The largest absolute Gasteiger partial charge is 0.493 e. The summed E-state index contributed by atoms with van der Waals surface area (Å²) in [6.07, 6.45) is 2.11. The molecule has 2 heterocycles. The van der Waals surface area contributed by atoms with Crippen molar-refractivity contribution in [2.45, 2.75) is 19.5 Å². The number of nitrogens with one attached hydrogen (secondary N) is 1. The summed E-state index contributed by atoms with van der Waals surface area (Å²) in [6, 6.07) is 16.3. The van der Waals surface area contributed by atoms with Crippen LogP contribution in [0.4, 0.5) is 5.69 Å². The third-order valence-electron chi connectivity index (χ3n) is 5.69. The van der Waals surface area contributed by atoms with E-state index >= 15 is 0 Å². The molecule has 6 nitrogen and oxygen atoms in total. The average molecular weight is 438 g/mol. The van der Waals surface area contributed by atoms with Gasteiger partial charge in [0.1, 0.15) is 0 Å². The molecule has 0 bridgehead atoms. The maximum atomic E-state index is 5.89. The third kappa shape index (κ3) is 3.93. The van der Waals surface area contributed by atoms with E-state index in [1.54, 1.807) is 21.3 Å². The van der Waals surface area contributed by atoms with Gasteiger partial charge in [0, 0.05) is 30.7 Å². The molecule has 0 saturated carbocycles. The lowest BCUT2D eigenvalue weighted by Crippen LogP contribution is -2.44. The maximum absolute atomic E-state index is 5.89. The van der Waals surface area contributed by atoms with Crippen molar-refractivity contribution in [3.8, 4) is 17.2 Å². The highest BCUT2D eigenvalue weighted by molar-refractivity contribution is 7.80. The molecule has 31 heavy (non-hydrogen) atoms. The molecule has 0 radical (unpaired) electrons. The number of para-hydroxylation sites is 1. The van der Waals surface area contributed by atoms with Gasteiger partial charge in [0.25, 0.3) is 0 Å². The minimum Gasteiger partial charge on any atom is -0.493 e. The van der Waals surface area contributed by atoms with Gasteiger partial charge in [-0.1, -0.05) is 18.2 Å². The second-order valence-electron chi connectivity index (χ2n) is 7.43. The van der Waals surface area contributed by atoms with Crippen molar-refractivity contribution in [3.63, 3.8) is 0 Å². The molecular weight excluding hydrogens is 410 g/mol. The van der Waals surface area contributed by atoms with Crippen LogP contribution in [0.3, 0.4) is 0 Å². The molecule has 1 atom stereocenters. The Morgan fingerprint density at radius 2 is 1.68 bits per heavy atom. The lowest BCUT2D eigenvalue weighted by Gasteiger charge is -2.39. The van der Waals surface area contributed by atoms with Crippen molar-refractivity contribution in [2.24, 2.45) is 0 Å². The third-order valence-corrected chi connectivity index (χ3v) is 6.03. The maximum Gasteiger partial charge on any atom is 0.203 e. The van der Waals surface area contributed by atoms with Crippen molar-refractivity contribution < 1.29 is 14.2 Å². The topological polar surface area (TPSA) is 47.9 Å². The smallest absolute Gasteiger partial charge is 0.203 e. The summed E-state index contributed by atoms with van der Waals surface area (Å²) >= 11 is 5.89. The van der Waals surface area contributed by atoms with Crippen LogP contribution in [0.15, 0.2) is 54.7 Å². The number of aryl methyl sites for hydroxylation is 1. The van der Waals surface area contributed by atoms with Gasteiger partial charge in [-0.15, -0.1) is 0 Å². The Labute approximate surface area is 188 Å². The fourth-order valence-electron chi connectivity index (χ4n) is 4.11. The predicted octanol–water partition coefficient (Wildman–Crippen LogP) is 4.62. The number of thiocarbonyl (C=S) groups is 1. The van der Waals surface area contributed by atoms with Crippen LogP contribution in [0.2, 0.25) is 0 Å².